The molecule has 1 heterocycles. The van der Waals surface area contributed by atoms with Crippen LogP contribution in [0.5, 0.6) is 0 Å². The summed E-state index contributed by atoms with van der Waals surface area (Å²) in [7, 11) is 0. The van der Waals surface area contributed by atoms with Gasteiger partial charge in [0.2, 0.25) is 0 Å². The van der Waals surface area contributed by atoms with E-state index in [1.807, 2.05) is 0 Å². The largest absolute Gasteiger partial charge is 0.477 e. The molecule has 0 spiro atoms. The van der Waals surface area contributed by atoms with Gasteiger partial charge >= 0.3 is 12.1 Å². The van der Waals surface area contributed by atoms with Gasteiger partial charge in [-0.3, -0.25) is 4.79 Å². The normalized spacial score (nSPS) is 17.6. The first-order valence-electron chi connectivity index (χ1n) is 5.23. The van der Waals surface area contributed by atoms with Crippen molar-refractivity contribution in [1.29, 1.82) is 0 Å². The Morgan fingerprint density at radius 2 is 1.94 bits per heavy atom. The maximum Gasteiger partial charge on any atom is 0.411 e. The molecule has 0 radical (unpaired) electrons. The van der Waals surface area contributed by atoms with E-state index in [4.69, 9.17) is 5.11 Å². The summed E-state index contributed by atoms with van der Waals surface area (Å²) in [5, 5.41) is 8.92. The predicted octanol–water partition coefficient (Wildman–Crippen LogP) is 2.44. The quantitative estimate of drug-likeness (QED) is 0.850. The minimum absolute atomic E-state index is 0.0251. The van der Waals surface area contributed by atoms with Crippen molar-refractivity contribution >= 4 is 11.8 Å². The van der Waals surface area contributed by atoms with E-state index in [2.05, 4.69) is 0 Å². The van der Waals surface area contributed by atoms with Gasteiger partial charge in [-0.2, -0.15) is 13.2 Å². The lowest BCUT2D eigenvalue weighted by atomic mass is 10.2. The standard InChI is InChI=1S/C11H10F3NO3/c1-6(16)7-4-8(9(17)18)15(5-7)10(2-3-10)11(12,13)14/h4-5H,2-3H2,1H3,(H,17,18). The molecule has 1 saturated carbocycles. The molecule has 7 heteroatoms. The van der Waals surface area contributed by atoms with Crippen LogP contribution in [0, 0.1) is 0 Å². The summed E-state index contributed by atoms with van der Waals surface area (Å²) >= 11 is 0. The van der Waals surface area contributed by atoms with Crippen LogP contribution in [0.15, 0.2) is 12.3 Å². The van der Waals surface area contributed by atoms with Gasteiger partial charge in [-0.1, -0.05) is 0 Å². The summed E-state index contributed by atoms with van der Waals surface area (Å²) in [6.45, 7) is 1.18. The number of halogens is 3. The highest BCUT2D eigenvalue weighted by atomic mass is 19.4. The smallest absolute Gasteiger partial charge is 0.411 e. The van der Waals surface area contributed by atoms with Crippen molar-refractivity contribution < 1.29 is 27.9 Å². The van der Waals surface area contributed by atoms with Crippen LogP contribution in [0.2, 0.25) is 0 Å². The average molecular weight is 261 g/mol. The number of carbonyl (C=O) groups excluding carboxylic acids is 1. The Hall–Kier alpha value is -1.79. The maximum atomic E-state index is 12.9. The third kappa shape index (κ3) is 1.70. The molecule has 1 aliphatic carbocycles. The molecule has 0 aromatic carbocycles. The Morgan fingerprint density at radius 1 is 1.39 bits per heavy atom. The van der Waals surface area contributed by atoms with Gasteiger partial charge in [-0.05, 0) is 25.8 Å². The zero-order valence-electron chi connectivity index (χ0n) is 9.41. The number of nitrogens with zero attached hydrogens (tertiary/aromatic N) is 1. The Morgan fingerprint density at radius 3 is 2.28 bits per heavy atom. The van der Waals surface area contributed by atoms with Crippen molar-refractivity contribution in [3.8, 4) is 0 Å². The minimum Gasteiger partial charge on any atom is -0.477 e. The first kappa shape index (κ1) is 12.7. The van der Waals surface area contributed by atoms with Crippen molar-refractivity contribution in [2.75, 3.05) is 0 Å². The molecule has 0 atom stereocenters. The second-order valence-corrected chi connectivity index (χ2v) is 4.37. The van der Waals surface area contributed by atoms with E-state index in [1.54, 1.807) is 0 Å². The summed E-state index contributed by atoms with van der Waals surface area (Å²) in [6.07, 6.45) is -3.87. The molecule has 0 bridgehead atoms. The number of ketones is 1. The molecule has 0 aliphatic heterocycles. The first-order valence-corrected chi connectivity index (χ1v) is 5.23. The number of hydrogen-bond donors (Lipinski definition) is 1. The molecule has 1 aromatic rings. The van der Waals surface area contributed by atoms with E-state index in [1.165, 1.54) is 6.92 Å². The van der Waals surface area contributed by atoms with Gasteiger partial charge in [0, 0.05) is 11.8 Å². The number of carbonyl (C=O) groups is 2. The van der Waals surface area contributed by atoms with Crippen LogP contribution < -0.4 is 0 Å². The Labute approximate surface area is 100 Å². The topological polar surface area (TPSA) is 59.3 Å². The highest BCUT2D eigenvalue weighted by Gasteiger charge is 2.65. The number of aromatic nitrogens is 1. The van der Waals surface area contributed by atoms with Gasteiger partial charge in [0.05, 0.1) is 0 Å². The molecule has 1 aromatic heterocycles. The fourth-order valence-electron chi connectivity index (χ4n) is 1.95. The third-order valence-electron chi connectivity index (χ3n) is 3.16. The highest BCUT2D eigenvalue weighted by Crippen LogP contribution is 2.56. The Kier molecular flexibility index (Phi) is 2.53. The van der Waals surface area contributed by atoms with Crippen molar-refractivity contribution in [3.63, 3.8) is 0 Å². The SMILES string of the molecule is CC(=O)c1cc(C(=O)O)n(C2(C(F)(F)F)CC2)c1. The van der Waals surface area contributed by atoms with Crippen LogP contribution in [-0.4, -0.2) is 27.6 Å². The van der Waals surface area contributed by atoms with Crippen LogP contribution >= 0.6 is 0 Å². The zero-order chi connectivity index (χ0) is 13.7. The second-order valence-electron chi connectivity index (χ2n) is 4.37. The fraction of sp³-hybridized carbons (Fsp3) is 0.455. The number of Topliss-reactive ketones (excluding diaryl/α,β-unsaturated/α-hetero) is 1. The number of aromatic carboxylic acids is 1. The number of rotatable bonds is 3. The van der Waals surface area contributed by atoms with E-state index in [9.17, 15) is 22.8 Å². The second kappa shape index (κ2) is 3.60. The molecule has 0 saturated heterocycles. The van der Waals surface area contributed by atoms with Crippen LogP contribution in [0.1, 0.15) is 40.6 Å². The van der Waals surface area contributed by atoms with Gasteiger partial charge in [0.25, 0.3) is 0 Å². The third-order valence-corrected chi connectivity index (χ3v) is 3.16. The van der Waals surface area contributed by atoms with Crippen molar-refractivity contribution in [3.05, 3.63) is 23.5 Å². The summed E-state index contributed by atoms with van der Waals surface area (Å²) in [5.41, 5.74) is -2.69. The van der Waals surface area contributed by atoms with Crippen molar-refractivity contribution in [1.82, 2.24) is 4.57 Å². The number of carboxylic acids is 1. The molecular weight excluding hydrogens is 251 g/mol. The Bertz CT molecular complexity index is 526. The summed E-state index contributed by atoms with van der Waals surface area (Å²) in [5.74, 6) is -1.94. The lowest BCUT2D eigenvalue weighted by molar-refractivity contribution is -0.180. The number of hydrogen-bond acceptors (Lipinski definition) is 2. The van der Waals surface area contributed by atoms with Crippen LogP contribution in [0.25, 0.3) is 0 Å². The summed E-state index contributed by atoms with van der Waals surface area (Å²) < 4.78 is 39.5. The highest BCUT2D eigenvalue weighted by molar-refractivity contribution is 5.97. The lowest BCUT2D eigenvalue weighted by Gasteiger charge is -2.22. The summed E-state index contributed by atoms with van der Waals surface area (Å²) in [6, 6.07) is 0.983. The van der Waals surface area contributed by atoms with Gasteiger partial charge in [0.15, 0.2) is 5.78 Å². The monoisotopic (exact) mass is 261 g/mol. The maximum absolute atomic E-state index is 12.9. The van der Waals surface area contributed by atoms with E-state index in [0.717, 1.165) is 12.3 Å². The lowest BCUT2D eigenvalue weighted by Crippen LogP contribution is -2.36. The van der Waals surface area contributed by atoms with Crippen LogP contribution in [0.3, 0.4) is 0 Å². The minimum atomic E-state index is -4.52. The van der Waals surface area contributed by atoms with E-state index >= 15 is 0 Å². The fourth-order valence-corrected chi connectivity index (χ4v) is 1.95. The summed E-state index contributed by atoms with van der Waals surface area (Å²) in [4.78, 5) is 22.1. The van der Waals surface area contributed by atoms with Gasteiger partial charge < -0.3 is 9.67 Å². The average Bonchev–Trinajstić information content (AvgIpc) is 2.90. The molecule has 4 nitrogen and oxygen atoms in total. The van der Waals surface area contributed by atoms with Gasteiger partial charge in [0.1, 0.15) is 11.2 Å². The van der Waals surface area contributed by atoms with Crippen molar-refractivity contribution in [2.45, 2.75) is 31.5 Å². The molecule has 1 aliphatic rings. The number of carboxylic acid groups (broad SMARTS) is 1. The first-order chi connectivity index (χ1) is 8.19. The molecule has 0 amide bonds. The Balaban J connectivity index is 2.57. The molecule has 1 N–H and O–H groups in total. The molecule has 0 unspecified atom stereocenters. The molecule has 18 heavy (non-hydrogen) atoms. The van der Waals surface area contributed by atoms with Crippen molar-refractivity contribution in [2.24, 2.45) is 0 Å². The van der Waals surface area contributed by atoms with E-state index in [-0.39, 0.29) is 18.4 Å². The molecule has 98 valence electrons. The van der Waals surface area contributed by atoms with Crippen LogP contribution in [0.4, 0.5) is 13.2 Å². The van der Waals surface area contributed by atoms with Crippen LogP contribution in [-0.2, 0) is 5.54 Å². The van der Waals surface area contributed by atoms with Gasteiger partial charge in [-0.25, -0.2) is 4.79 Å². The predicted molar refractivity (Wildman–Crippen MR) is 54.7 cm³/mol. The zero-order valence-corrected chi connectivity index (χ0v) is 9.41. The van der Waals surface area contributed by atoms with E-state index < -0.39 is 29.2 Å². The molecule has 1 fully saturated rings. The number of alkyl halides is 3. The van der Waals surface area contributed by atoms with Gasteiger partial charge in [-0.15, -0.1) is 0 Å². The van der Waals surface area contributed by atoms with E-state index in [0.29, 0.717) is 4.57 Å². The molecular formula is C11H10F3NO3. The molecule has 2 rings (SSSR count).